The molecule has 1 atom stereocenters. The number of hydrogen-bond donors (Lipinski definition) is 1. The van der Waals surface area contributed by atoms with Crippen LogP contribution in [0.15, 0.2) is 34.6 Å². The summed E-state index contributed by atoms with van der Waals surface area (Å²) in [4.78, 5) is 11.6. The number of nitrogens with zero attached hydrogens (tertiary/aromatic N) is 3. The highest BCUT2D eigenvalue weighted by atomic mass is 127. The van der Waals surface area contributed by atoms with Crippen LogP contribution in [-0.4, -0.2) is 49.2 Å². The Morgan fingerprint density at radius 3 is 2.53 bits per heavy atom. The zero-order chi connectivity index (χ0) is 21.2. The fourth-order valence-corrected chi connectivity index (χ4v) is 3.61. The predicted molar refractivity (Wildman–Crippen MR) is 136 cm³/mol. The van der Waals surface area contributed by atoms with Gasteiger partial charge in [-0.3, -0.25) is 4.99 Å². The minimum Gasteiger partial charge on any atom is -0.491 e. The van der Waals surface area contributed by atoms with Gasteiger partial charge in [-0.2, -0.15) is 0 Å². The van der Waals surface area contributed by atoms with Crippen molar-refractivity contribution in [1.29, 1.82) is 0 Å². The molecule has 0 saturated heterocycles. The molecule has 0 aliphatic rings. The second kappa shape index (κ2) is 13.8. The molecule has 0 fully saturated rings. The van der Waals surface area contributed by atoms with E-state index in [1.54, 1.807) is 18.4 Å². The normalized spacial score (nSPS) is 12.4. The minimum absolute atomic E-state index is 0. The van der Waals surface area contributed by atoms with Crippen molar-refractivity contribution in [1.82, 2.24) is 15.2 Å². The summed E-state index contributed by atoms with van der Waals surface area (Å²) in [6, 6.07) is 8.27. The van der Waals surface area contributed by atoms with Crippen LogP contribution in [0.3, 0.4) is 0 Å². The standard InChI is InChI=1S/C22H34N4O2S.HI/c1-7-23-22(26(5)14-19-15-29-21(25-19)17(4)27-6)24-13-12-18-8-10-20(11-9-18)28-16(2)3;/h8-11,15-17H,7,12-14H2,1-6H3,(H,23,24);1H. The van der Waals surface area contributed by atoms with Crippen LogP contribution in [0.2, 0.25) is 0 Å². The number of hydrogen-bond acceptors (Lipinski definition) is 5. The van der Waals surface area contributed by atoms with Gasteiger partial charge in [0.25, 0.3) is 0 Å². The lowest BCUT2D eigenvalue weighted by Gasteiger charge is -2.21. The fourth-order valence-electron chi connectivity index (χ4n) is 2.77. The van der Waals surface area contributed by atoms with Crippen molar-refractivity contribution in [3.05, 3.63) is 45.9 Å². The third-order valence-electron chi connectivity index (χ3n) is 4.32. The van der Waals surface area contributed by atoms with Gasteiger partial charge in [-0.15, -0.1) is 35.3 Å². The summed E-state index contributed by atoms with van der Waals surface area (Å²) in [7, 11) is 3.75. The van der Waals surface area contributed by atoms with E-state index in [1.807, 2.05) is 40.0 Å². The van der Waals surface area contributed by atoms with E-state index in [1.165, 1.54) is 5.56 Å². The van der Waals surface area contributed by atoms with Crippen LogP contribution in [0.25, 0.3) is 0 Å². The summed E-state index contributed by atoms with van der Waals surface area (Å²) in [6.07, 6.45) is 1.10. The fraction of sp³-hybridized carbons (Fsp3) is 0.545. The van der Waals surface area contributed by atoms with Crippen molar-refractivity contribution in [3.8, 4) is 5.75 Å². The SMILES string of the molecule is CCNC(=NCCc1ccc(OC(C)C)cc1)N(C)Cc1csc(C(C)OC)n1.I. The molecule has 30 heavy (non-hydrogen) atoms. The van der Waals surface area contributed by atoms with Gasteiger partial charge in [-0.1, -0.05) is 12.1 Å². The van der Waals surface area contributed by atoms with Crippen LogP contribution >= 0.6 is 35.3 Å². The van der Waals surface area contributed by atoms with Crippen LogP contribution in [0.1, 0.15) is 50.1 Å². The molecule has 1 unspecified atom stereocenters. The van der Waals surface area contributed by atoms with Crippen molar-refractivity contribution in [2.45, 2.75) is 52.9 Å². The minimum atomic E-state index is 0. The lowest BCUT2D eigenvalue weighted by atomic mass is 10.1. The van der Waals surface area contributed by atoms with E-state index < -0.39 is 0 Å². The highest BCUT2D eigenvalue weighted by Gasteiger charge is 2.12. The monoisotopic (exact) mass is 546 g/mol. The van der Waals surface area contributed by atoms with E-state index in [0.29, 0.717) is 6.54 Å². The maximum atomic E-state index is 5.70. The summed E-state index contributed by atoms with van der Waals surface area (Å²) in [5.41, 5.74) is 2.28. The summed E-state index contributed by atoms with van der Waals surface area (Å²) < 4.78 is 11.1. The molecule has 0 bridgehead atoms. The first-order valence-electron chi connectivity index (χ1n) is 10.1. The van der Waals surface area contributed by atoms with Crippen LogP contribution in [0.4, 0.5) is 0 Å². The first kappa shape index (κ1) is 26.6. The molecular formula is C22H35IN4O2S. The summed E-state index contributed by atoms with van der Waals surface area (Å²) in [5.74, 6) is 1.80. The average molecular weight is 547 g/mol. The van der Waals surface area contributed by atoms with E-state index in [4.69, 9.17) is 14.5 Å². The van der Waals surface area contributed by atoms with E-state index in [-0.39, 0.29) is 36.2 Å². The molecule has 0 aliphatic carbocycles. The molecule has 1 aromatic heterocycles. The summed E-state index contributed by atoms with van der Waals surface area (Å²) in [5, 5.41) is 6.46. The van der Waals surface area contributed by atoms with Gasteiger partial charge in [0.1, 0.15) is 16.9 Å². The van der Waals surface area contributed by atoms with Crippen LogP contribution in [-0.2, 0) is 17.7 Å². The molecule has 1 N–H and O–H groups in total. The molecular weight excluding hydrogens is 511 g/mol. The smallest absolute Gasteiger partial charge is 0.194 e. The molecule has 1 heterocycles. The Kier molecular flexibility index (Phi) is 12.3. The first-order chi connectivity index (χ1) is 13.9. The first-order valence-corrected chi connectivity index (χ1v) is 11.0. The van der Waals surface area contributed by atoms with Gasteiger partial charge in [0.05, 0.1) is 18.3 Å². The molecule has 168 valence electrons. The predicted octanol–water partition coefficient (Wildman–Crippen LogP) is 4.90. The van der Waals surface area contributed by atoms with Gasteiger partial charge in [-0.05, 0) is 51.8 Å². The van der Waals surface area contributed by atoms with Gasteiger partial charge in [0, 0.05) is 32.6 Å². The molecule has 0 spiro atoms. The van der Waals surface area contributed by atoms with Gasteiger partial charge in [0.2, 0.25) is 0 Å². The maximum absolute atomic E-state index is 5.70. The van der Waals surface area contributed by atoms with Gasteiger partial charge in [0.15, 0.2) is 5.96 Å². The largest absolute Gasteiger partial charge is 0.491 e. The Labute approximate surface area is 202 Å². The second-order valence-corrected chi connectivity index (χ2v) is 8.10. The highest BCUT2D eigenvalue weighted by molar-refractivity contribution is 14.0. The molecule has 0 aliphatic heterocycles. The number of ether oxygens (including phenoxy) is 2. The number of nitrogens with one attached hydrogen (secondary N) is 1. The van der Waals surface area contributed by atoms with E-state index in [9.17, 15) is 0 Å². The van der Waals surface area contributed by atoms with Crippen LogP contribution in [0.5, 0.6) is 5.75 Å². The van der Waals surface area contributed by atoms with Crippen molar-refractivity contribution < 1.29 is 9.47 Å². The third kappa shape index (κ3) is 8.77. The highest BCUT2D eigenvalue weighted by Crippen LogP contribution is 2.21. The van der Waals surface area contributed by atoms with Crippen LogP contribution in [0, 0.1) is 0 Å². The number of methoxy groups -OCH3 is 1. The zero-order valence-corrected chi connectivity index (χ0v) is 22.0. The average Bonchev–Trinajstić information content (AvgIpc) is 3.16. The maximum Gasteiger partial charge on any atom is 0.194 e. The van der Waals surface area contributed by atoms with Crippen molar-refractivity contribution in [2.75, 3.05) is 27.2 Å². The topological polar surface area (TPSA) is 59.0 Å². The Morgan fingerprint density at radius 2 is 1.93 bits per heavy atom. The molecule has 6 nitrogen and oxygen atoms in total. The van der Waals surface area contributed by atoms with E-state index >= 15 is 0 Å². The summed E-state index contributed by atoms with van der Waals surface area (Å²) in [6.45, 7) is 10.4. The molecule has 1 aromatic carbocycles. The van der Waals surface area contributed by atoms with E-state index in [0.717, 1.165) is 41.9 Å². The number of benzene rings is 1. The molecule has 2 rings (SSSR count). The quantitative estimate of drug-likeness (QED) is 0.261. The molecule has 0 saturated carbocycles. The van der Waals surface area contributed by atoms with Gasteiger partial charge < -0.3 is 19.7 Å². The number of guanidine groups is 1. The van der Waals surface area contributed by atoms with Crippen molar-refractivity contribution in [3.63, 3.8) is 0 Å². The lowest BCUT2D eigenvalue weighted by molar-refractivity contribution is 0.119. The van der Waals surface area contributed by atoms with Gasteiger partial charge in [-0.25, -0.2) is 4.98 Å². The lowest BCUT2D eigenvalue weighted by Crippen LogP contribution is -2.38. The number of halogens is 1. The van der Waals surface area contributed by atoms with Crippen molar-refractivity contribution in [2.24, 2.45) is 4.99 Å². The number of aromatic nitrogens is 1. The van der Waals surface area contributed by atoms with Gasteiger partial charge >= 0.3 is 0 Å². The Hall–Kier alpha value is -1.39. The van der Waals surface area contributed by atoms with Crippen LogP contribution < -0.4 is 10.1 Å². The molecule has 0 radical (unpaired) electrons. The number of thiazole rings is 1. The van der Waals surface area contributed by atoms with Crippen molar-refractivity contribution >= 4 is 41.3 Å². The third-order valence-corrected chi connectivity index (χ3v) is 5.38. The van der Waals surface area contributed by atoms with E-state index in [2.05, 4.69) is 39.6 Å². The second-order valence-electron chi connectivity index (χ2n) is 7.21. The molecule has 8 heteroatoms. The summed E-state index contributed by atoms with van der Waals surface area (Å²) >= 11 is 1.64. The molecule has 0 amide bonds. The Bertz CT molecular complexity index is 765. The Morgan fingerprint density at radius 1 is 1.23 bits per heavy atom. The zero-order valence-electron chi connectivity index (χ0n) is 18.8. The number of aliphatic imine (C=N–C) groups is 1. The molecule has 2 aromatic rings. The Balaban J connectivity index is 0.00000450. The number of rotatable bonds is 10.